The Balaban J connectivity index is 1.37. The molecular formula is C41H68O12. The lowest BCUT2D eigenvalue weighted by Gasteiger charge is -2.72. The van der Waals surface area contributed by atoms with Crippen LogP contribution in [0.4, 0.5) is 0 Å². The fraction of sp³-hybridized carbons (Fsp3) is 0.902. The fourth-order valence-corrected chi connectivity index (χ4v) is 12.7. The van der Waals surface area contributed by atoms with Gasteiger partial charge in [0.1, 0.15) is 42.7 Å². The van der Waals surface area contributed by atoms with Gasteiger partial charge in [-0.2, -0.15) is 0 Å². The molecule has 0 radical (unpaired) electrons. The zero-order valence-electron chi connectivity index (χ0n) is 32.8. The fourth-order valence-electron chi connectivity index (χ4n) is 12.7. The van der Waals surface area contributed by atoms with Crippen molar-refractivity contribution in [2.24, 2.45) is 45.3 Å². The van der Waals surface area contributed by atoms with Crippen molar-refractivity contribution in [2.75, 3.05) is 13.2 Å². The van der Waals surface area contributed by atoms with Gasteiger partial charge in [-0.3, -0.25) is 0 Å². The van der Waals surface area contributed by atoms with Crippen molar-refractivity contribution >= 4 is 0 Å². The number of aliphatic hydroxyl groups is 8. The Morgan fingerprint density at radius 1 is 0.830 bits per heavy atom. The van der Waals surface area contributed by atoms with Crippen LogP contribution < -0.4 is 0 Å². The van der Waals surface area contributed by atoms with Crippen LogP contribution in [0.3, 0.4) is 0 Å². The first kappa shape index (κ1) is 41.6. The molecule has 12 heteroatoms. The van der Waals surface area contributed by atoms with Gasteiger partial charge in [0.15, 0.2) is 12.6 Å². The average molecular weight is 753 g/mol. The van der Waals surface area contributed by atoms with Crippen LogP contribution in [0.15, 0.2) is 23.8 Å². The average Bonchev–Trinajstić information content (AvgIpc) is 3.47. The van der Waals surface area contributed by atoms with Crippen molar-refractivity contribution in [1.29, 1.82) is 0 Å². The van der Waals surface area contributed by atoms with E-state index in [0.717, 1.165) is 32.1 Å². The Morgan fingerprint density at radius 2 is 1.53 bits per heavy atom. The van der Waals surface area contributed by atoms with Gasteiger partial charge in [-0.15, -0.1) is 0 Å². The zero-order valence-corrected chi connectivity index (χ0v) is 32.8. The molecule has 53 heavy (non-hydrogen) atoms. The molecule has 0 aromatic rings. The molecule has 2 aliphatic heterocycles. The number of ether oxygens (including phenoxy) is 4. The number of rotatable bonds is 9. The van der Waals surface area contributed by atoms with E-state index in [1.54, 1.807) is 0 Å². The van der Waals surface area contributed by atoms with Gasteiger partial charge in [0, 0.05) is 0 Å². The van der Waals surface area contributed by atoms with Crippen LogP contribution in [-0.2, 0) is 18.9 Å². The first-order valence-electron chi connectivity index (χ1n) is 20.0. The van der Waals surface area contributed by atoms with Gasteiger partial charge in [0.25, 0.3) is 0 Å². The normalized spacial score (nSPS) is 52.2. The largest absolute Gasteiger partial charge is 0.394 e. The van der Waals surface area contributed by atoms with Crippen LogP contribution in [0.2, 0.25) is 0 Å². The van der Waals surface area contributed by atoms with Gasteiger partial charge >= 0.3 is 0 Å². The Kier molecular flexibility index (Phi) is 11.8. The topological polar surface area (TPSA) is 199 Å². The molecule has 6 fully saturated rings. The summed E-state index contributed by atoms with van der Waals surface area (Å²) >= 11 is 0. The van der Waals surface area contributed by atoms with E-state index in [2.05, 4.69) is 61.1 Å². The standard InChI is InChI=1S/C41H68O12/c1-20(2)10-9-11-21(3)22-12-15-40(7)29(22)23(43)16-27-39(6)14-13-28(45)38(4,5)35(39)25(17-41(27,40)8)51-37-34(32(48)31(47)26(18-42)52-37)53-36-33(49)30(46)24(44)19-50-36/h10,22-37,42-49H,3,9,11-19H2,1-2,4-8H3. The Morgan fingerprint density at radius 3 is 2.19 bits per heavy atom. The van der Waals surface area contributed by atoms with Gasteiger partial charge in [-0.05, 0) is 111 Å². The Hall–Kier alpha value is -1.00. The highest BCUT2D eigenvalue weighted by Crippen LogP contribution is 2.76. The third-order valence-corrected chi connectivity index (χ3v) is 15.7. The summed E-state index contributed by atoms with van der Waals surface area (Å²) in [6.07, 6.45) is -6.47. The third kappa shape index (κ3) is 6.82. The van der Waals surface area contributed by atoms with E-state index in [1.165, 1.54) is 11.1 Å². The molecule has 12 nitrogen and oxygen atoms in total. The second-order valence-electron chi connectivity index (χ2n) is 19.1. The van der Waals surface area contributed by atoms with E-state index in [-0.39, 0.29) is 46.5 Å². The molecule has 6 rings (SSSR count). The van der Waals surface area contributed by atoms with Crippen LogP contribution in [0, 0.1) is 45.3 Å². The minimum Gasteiger partial charge on any atom is -0.394 e. The Bertz CT molecular complexity index is 1350. The summed E-state index contributed by atoms with van der Waals surface area (Å²) in [4.78, 5) is 0. The first-order valence-corrected chi connectivity index (χ1v) is 20.0. The van der Waals surface area contributed by atoms with Crippen LogP contribution in [0.5, 0.6) is 0 Å². The second kappa shape index (κ2) is 15.1. The lowest BCUT2D eigenvalue weighted by molar-refractivity contribution is -0.377. The highest BCUT2D eigenvalue weighted by molar-refractivity contribution is 5.24. The summed E-state index contributed by atoms with van der Waals surface area (Å²) < 4.78 is 24.8. The van der Waals surface area contributed by atoms with Gasteiger partial charge < -0.3 is 59.8 Å². The number of aliphatic hydroxyl groups excluding tert-OH is 8. The van der Waals surface area contributed by atoms with Gasteiger partial charge in [-0.25, -0.2) is 0 Å². The maximum atomic E-state index is 12.2. The molecule has 304 valence electrons. The quantitative estimate of drug-likeness (QED) is 0.127. The maximum absolute atomic E-state index is 12.2. The van der Waals surface area contributed by atoms with Crippen molar-refractivity contribution in [3.8, 4) is 0 Å². The van der Waals surface area contributed by atoms with Crippen molar-refractivity contribution in [3.05, 3.63) is 23.8 Å². The predicted molar refractivity (Wildman–Crippen MR) is 195 cm³/mol. The van der Waals surface area contributed by atoms with E-state index in [1.807, 2.05) is 0 Å². The summed E-state index contributed by atoms with van der Waals surface area (Å²) in [5.41, 5.74) is 0.855. The van der Waals surface area contributed by atoms with E-state index >= 15 is 0 Å². The van der Waals surface area contributed by atoms with Gasteiger partial charge in [0.05, 0.1) is 31.5 Å². The maximum Gasteiger partial charge on any atom is 0.187 e. The molecule has 4 saturated carbocycles. The molecule has 19 unspecified atom stereocenters. The lowest BCUT2D eigenvalue weighted by Crippen LogP contribution is -2.71. The second-order valence-corrected chi connectivity index (χ2v) is 19.1. The minimum absolute atomic E-state index is 0.00964. The molecule has 0 spiro atoms. The molecule has 8 N–H and O–H groups in total. The van der Waals surface area contributed by atoms with Crippen molar-refractivity contribution in [3.63, 3.8) is 0 Å². The molecule has 2 heterocycles. The van der Waals surface area contributed by atoms with Crippen LogP contribution in [-0.4, -0.2) is 128 Å². The van der Waals surface area contributed by atoms with Gasteiger partial charge in [-0.1, -0.05) is 58.4 Å². The SMILES string of the molecule is C=C(CCC=C(C)C)C1CCC2(C)C1C(O)CC1C3(C)CCC(O)C(C)(C)C3C(OC3OC(CO)C(O)C(O)C3OC3OCC(O)C(O)C3O)CC12C. The first-order chi connectivity index (χ1) is 24.7. The third-order valence-electron chi connectivity index (χ3n) is 15.7. The summed E-state index contributed by atoms with van der Waals surface area (Å²) in [7, 11) is 0. The highest BCUT2D eigenvalue weighted by Gasteiger charge is 2.73. The molecule has 2 saturated heterocycles. The minimum atomic E-state index is -1.66. The molecule has 0 amide bonds. The number of hydrogen-bond acceptors (Lipinski definition) is 12. The number of fused-ring (bicyclic) bond motifs is 5. The molecule has 6 aliphatic rings. The summed E-state index contributed by atoms with van der Waals surface area (Å²) in [6.45, 7) is 18.9. The predicted octanol–water partition coefficient (Wildman–Crippen LogP) is 2.56. The molecule has 4 aliphatic carbocycles. The van der Waals surface area contributed by atoms with Crippen molar-refractivity contribution in [2.45, 2.75) is 173 Å². The van der Waals surface area contributed by atoms with Crippen LogP contribution in [0.25, 0.3) is 0 Å². The van der Waals surface area contributed by atoms with E-state index in [9.17, 15) is 40.9 Å². The van der Waals surface area contributed by atoms with E-state index in [4.69, 9.17) is 18.9 Å². The summed E-state index contributed by atoms with van der Waals surface area (Å²) in [5, 5.41) is 87.4. The summed E-state index contributed by atoms with van der Waals surface area (Å²) in [6, 6.07) is 0. The van der Waals surface area contributed by atoms with Gasteiger partial charge in [0.2, 0.25) is 0 Å². The molecule has 0 bridgehead atoms. The van der Waals surface area contributed by atoms with Crippen molar-refractivity contribution in [1.82, 2.24) is 0 Å². The van der Waals surface area contributed by atoms with Crippen LogP contribution in [0.1, 0.15) is 99.8 Å². The Labute approximate surface area is 315 Å². The molecule has 0 aromatic heterocycles. The molecular weight excluding hydrogens is 684 g/mol. The highest BCUT2D eigenvalue weighted by atomic mass is 16.8. The number of hydrogen-bond donors (Lipinski definition) is 8. The molecule has 19 atom stereocenters. The molecule has 0 aromatic carbocycles. The summed E-state index contributed by atoms with van der Waals surface area (Å²) in [5.74, 6) is 0.0753. The van der Waals surface area contributed by atoms with Crippen molar-refractivity contribution < 1.29 is 59.8 Å². The van der Waals surface area contributed by atoms with Crippen LogP contribution >= 0.6 is 0 Å². The smallest absolute Gasteiger partial charge is 0.187 e. The monoisotopic (exact) mass is 752 g/mol. The van der Waals surface area contributed by atoms with E-state index < -0.39 is 85.6 Å². The number of allylic oxidation sites excluding steroid dienone is 3. The zero-order chi connectivity index (χ0) is 39.0. The lowest BCUT2D eigenvalue weighted by atomic mass is 9.34. The van der Waals surface area contributed by atoms with E-state index in [0.29, 0.717) is 19.3 Å².